The normalized spacial score (nSPS) is 17.1. The Morgan fingerprint density at radius 3 is 2.76 bits per heavy atom. The van der Waals surface area contributed by atoms with Crippen LogP contribution in [0.5, 0.6) is 5.75 Å². The van der Waals surface area contributed by atoms with Crippen LogP contribution >= 0.6 is 11.8 Å². The first-order valence-corrected chi connectivity index (χ1v) is 7.17. The molecule has 0 atom stereocenters. The first-order valence-electron chi connectivity index (χ1n) is 6.12. The van der Waals surface area contributed by atoms with E-state index in [-0.39, 0.29) is 0 Å². The molecular formula is C14H20O2S. The van der Waals surface area contributed by atoms with E-state index in [1.165, 1.54) is 24.0 Å². The smallest absolute Gasteiger partial charge is 0.121 e. The molecule has 0 spiro atoms. The summed E-state index contributed by atoms with van der Waals surface area (Å²) in [5.74, 6) is 2.07. The molecule has 0 bridgehead atoms. The summed E-state index contributed by atoms with van der Waals surface area (Å²) < 4.78 is 10.6. The Bertz CT molecular complexity index is 359. The van der Waals surface area contributed by atoms with E-state index in [0.717, 1.165) is 30.0 Å². The van der Waals surface area contributed by atoms with E-state index >= 15 is 0 Å². The molecule has 2 nitrogen and oxygen atoms in total. The van der Waals surface area contributed by atoms with Crippen LogP contribution in [0.3, 0.4) is 0 Å². The summed E-state index contributed by atoms with van der Waals surface area (Å²) in [5, 5.41) is 0.770. The van der Waals surface area contributed by atoms with Crippen LogP contribution in [0.4, 0.5) is 0 Å². The van der Waals surface area contributed by atoms with Crippen LogP contribution in [0.15, 0.2) is 18.2 Å². The molecule has 0 aliphatic carbocycles. The first kappa shape index (κ1) is 12.8. The average Bonchev–Trinajstić information content (AvgIpc) is 2.38. The molecule has 1 aliphatic heterocycles. The van der Waals surface area contributed by atoms with Crippen LogP contribution in [0.1, 0.15) is 24.0 Å². The lowest BCUT2D eigenvalue weighted by Gasteiger charge is -2.21. The van der Waals surface area contributed by atoms with E-state index in [2.05, 4.69) is 36.9 Å². The highest BCUT2D eigenvalue weighted by molar-refractivity contribution is 7.99. The zero-order valence-corrected chi connectivity index (χ0v) is 11.4. The lowest BCUT2D eigenvalue weighted by atomic mass is 10.1. The Labute approximate surface area is 108 Å². The lowest BCUT2D eigenvalue weighted by molar-refractivity contribution is 0.1000. The van der Waals surface area contributed by atoms with Crippen molar-refractivity contribution in [2.24, 2.45) is 0 Å². The second-order valence-electron chi connectivity index (χ2n) is 4.43. The molecule has 17 heavy (non-hydrogen) atoms. The van der Waals surface area contributed by atoms with Gasteiger partial charge in [-0.25, -0.2) is 0 Å². The molecule has 1 aromatic carbocycles. The Morgan fingerprint density at radius 1 is 1.35 bits per heavy atom. The predicted octanol–water partition coefficient (Wildman–Crippen LogP) is 3.42. The minimum absolute atomic E-state index is 0.770. The van der Waals surface area contributed by atoms with Crippen molar-refractivity contribution in [3.05, 3.63) is 29.3 Å². The molecule has 0 amide bonds. The predicted molar refractivity (Wildman–Crippen MR) is 72.9 cm³/mol. The monoisotopic (exact) mass is 252 g/mol. The van der Waals surface area contributed by atoms with Crippen LogP contribution in [-0.2, 0) is 10.5 Å². The van der Waals surface area contributed by atoms with E-state index in [4.69, 9.17) is 9.47 Å². The van der Waals surface area contributed by atoms with Crippen LogP contribution in [0.2, 0.25) is 0 Å². The van der Waals surface area contributed by atoms with Crippen molar-refractivity contribution in [1.29, 1.82) is 0 Å². The van der Waals surface area contributed by atoms with Crippen molar-refractivity contribution in [1.82, 2.24) is 0 Å². The molecule has 1 fully saturated rings. The maximum Gasteiger partial charge on any atom is 0.121 e. The number of ether oxygens (including phenoxy) is 2. The molecule has 2 rings (SSSR count). The molecule has 1 aliphatic rings. The largest absolute Gasteiger partial charge is 0.496 e. The van der Waals surface area contributed by atoms with Crippen molar-refractivity contribution in [3.63, 3.8) is 0 Å². The van der Waals surface area contributed by atoms with Gasteiger partial charge in [-0.15, -0.1) is 0 Å². The number of rotatable bonds is 4. The van der Waals surface area contributed by atoms with Crippen LogP contribution in [0, 0.1) is 6.92 Å². The maximum atomic E-state index is 5.37. The summed E-state index contributed by atoms with van der Waals surface area (Å²) in [5.41, 5.74) is 2.61. The molecule has 0 radical (unpaired) electrons. The summed E-state index contributed by atoms with van der Waals surface area (Å²) in [7, 11) is 1.72. The molecule has 0 aromatic heterocycles. The molecule has 3 heteroatoms. The van der Waals surface area contributed by atoms with E-state index in [1.54, 1.807) is 7.11 Å². The van der Waals surface area contributed by atoms with Gasteiger partial charge in [-0.2, -0.15) is 11.8 Å². The van der Waals surface area contributed by atoms with Gasteiger partial charge < -0.3 is 9.47 Å². The zero-order valence-electron chi connectivity index (χ0n) is 10.6. The fraction of sp³-hybridized carbons (Fsp3) is 0.571. The lowest BCUT2D eigenvalue weighted by Crippen LogP contribution is -2.17. The number of aryl methyl sites for hydroxylation is 1. The summed E-state index contributed by atoms with van der Waals surface area (Å²) in [6, 6.07) is 6.46. The number of methoxy groups -OCH3 is 1. The van der Waals surface area contributed by atoms with Crippen molar-refractivity contribution >= 4 is 11.8 Å². The van der Waals surface area contributed by atoms with Gasteiger partial charge in [0.2, 0.25) is 0 Å². The van der Waals surface area contributed by atoms with Gasteiger partial charge in [-0.1, -0.05) is 12.1 Å². The third-order valence-corrected chi connectivity index (χ3v) is 4.56. The maximum absolute atomic E-state index is 5.37. The Morgan fingerprint density at radius 2 is 2.12 bits per heavy atom. The van der Waals surface area contributed by atoms with Gasteiger partial charge in [0.25, 0.3) is 0 Å². The Hall–Kier alpha value is -0.670. The fourth-order valence-electron chi connectivity index (χ4n) is 2.09. The van der Waals surface area contributed by atoms with Crippen molar-refractivity contribution in [2.45, 2.75) is 30.8 Å². The second-order valence-corrected chi connectivity index (χ2v) is 5.72. The van der Waals surface area contributed by atoms with Gasteiger partial charge in [0.05, 0.1) is 7.11 Å². The van der Waals surface area contributed by atoms with Crippen LogP contribution in [0.25, 0.3) is 0 Å². The van der Waals surface area contributed by atoms with E-state index in [9.17, 15) is 0 Å². The average molecular weight is 252 g/mol. The minimum Gasteiger partial charge on any atom is -0.496 e. The minimum atomic E-state index is 0.770. The second kappa shape index (κ2) is 6.31. The Balaban J connectivity index is 1.87. The third-order valence-electron chi connectivity index (χ3n) is 3.11. The molecule has 0 saturated carbocycles. The molecular weight excluding hydrogens is 232 g/mol. The van der Waals surface area contributed by atoms with Gasteiger partial charge in [-0.3, -0.25) is 0 Å². The highest BCUT2D eigenvalue weighted by Gasteiger charge is 2.14. The van der Waals surface area contributed by atoms with Gasteiger partial charge in [0.1, 0.15) is 5.75 Å². The fourth-order valence-corrected chi connectivity index (χ4v) is 3.22. The standard InChI is InChI=1S/C14H20O2S/c1-11-9-12(3-4-14(11)15-2)10-17-13-5-7-16-8-6-13/h3-4,9,13H,5-8,10H2,1-2H3. The molecule has 0 unspecified atom stereocenters. The highest BCUT2D eigenvalue weighted by Crippen LogP contribution is 2.27. The van der Waals surface area contributed by atoms with Gasteiger partial charge in [0.15, 0.2) is 0 Å². The quantitative estimate of drug-likeness (QED) is 0.818. The highest BCUT2D eigenvalue weighted by atomic mass is 32.2. The van der Waals surface area contributed by atoms with Crippen LogP contribution in [-0.4, -0.2) is 25.6 Å². The van der Waals surface area contributed by atoms with Crippen LogP contribution < -0.4 is 4.74 Å². The van der Waals surface area contributed by atoms with E-state index in [0.29, 0.717) is 0 Å². The van der Waals surface area contributed by atoms with Gasteiger partial charge in [0, 0.05) is 24.2 Å². The van der Waals surface area contributed by atoms with Crippen molar-refractivity contribution in [3.8, 4) is 5.75 Å². The van der Waals surface area contributed by atoms with E-state index < -0.39 is 0 Å². The molecule has 0 N–H and O–H groups in total. The third kappa shape index (κ3) is 3.65. The number of benzene rings is 1. The number of hydrogen-bond donors (Lipinski definition) is 0. The first-order chi connectivity index (χ1) is 8.29. The SMILES string of the molecule is COc1ccc(CSC2CCOCC2)cc1C. The van der Waals surface area contributed by atoms with Gasteiger partial charge in [-0.05, 0) is 37.0 Å². The number of hydrogen-bond acceptors (Lipinski definition) is 3. The molecule has 1 aromatic rings. The summed E-state index contributed by atoms with van der Waals surface area (Å²) in [6.07, 6.45) is 2.39. The van der Waals surface area contributed by atoms with Gasteiger partial charge >= 0.3 is 0 Å². The molecule has 1 heterocycles. The Kier molecular flexibility index (Phi) is 4.75. The topological polar surface area (TPSA) is 18.5 Å². The summed E-state index contributed by atoms with van der Waals surface area (Å²) >= 11 is 2.05. The molecule has 94 valence electrons. The van der Waals surface area contributed by atoms with Crippen molar-refractivity contribution in [2.75, 3.05) is 20.3 Å². The summed E-state index contributed by atoms with van der Waals surface area (Å²) in [6.45, 7) is 3.96. The van der Waals surface area contributed by atoms with E-state index in [1.807, 2.05) is 0 Å². The summed E-state index contributed by atoms with van der Waals surface area (Å²) in [4.78, 5) is 0. The number of thioether (sulfide) groups is 1. The zero-order chi connectivity index (χ0) is 12.1. The molecule has 1 saturated heterocycles. The van der Waals surface area contributed by atoms with Crippen molar-refractivity contribution < 1.29 is 9.47 Å².